The summed E-state index contributed by atoms with van der Waals surface area (Å²) in [5.74, 6) is -0.261. The van der Waals surface area contributed by atoms with Crippen LogP contribution in [0.4, 0.5) is 5.69 Å². The van der Waals surface area contributed by atoms with E-state index in [1.54, 1.807) is 12.1 Å². The van der Waals surface area contributed by atoms with Crippen molar-refractivity contribution in [2.24, 2.45) is 0 Å². The Bertz CT molecular complexity index is 620. The predicted molar refractivity (Wildman–Crippen MR) is 90.5 cm³/mol. The van der Waals surface area contributed by atoms with Gasteiger partial charge in [-0.15, -0.1) is 0 Å². The number of rotatable bonds is 3. The monoisotopic (exact) mass is 335 g/mol. The van der Waals surface area contributed by atoms with Gasteiger partial charge < -0.3 is 16.0 Å². The van der Waals surface area contributed by atoms with E-state index >= 15 is 0 Å². The van der Waals surface area contributed by atoms with Gasteiger partial charge in [0.1, 0.15) is 0 Å². The zero-order chi connectivity index (χ0) is 16.4. The van der Waals surface area contributed by atoms with Gasteiger partial charge in [0, 0.05) is 22.8 Å². The molecule has 124 valence electrons. The van der Waals surface area contributed by atoms with Crippen LogP contribution in [0, 0.1) is 6.92 Å². The molecule has 3 rings (SSSR count). The van der Waals surface area contributed by atoms with E-state index in [4.69, 9.17) is 11.6 Å². The van der Waals surface area contributed by atoms with Crippen LogP contribution in [0.15, 0.2) is 18.2 Å². The maximum atomic E-state index is 12.3. The molecular formula is C17H22ClN3O2. The van der Waals surface area contributed by atoms with Gasteiger partial charge in [0.15, 0.2) is 0 Å². The third kappa shape index (κ3) is 3.67. The van der Waals surface area contributed by atoms with Crippen molar-refractivity contribution in [3.63, 3.8) is 0 Å². The molecule has 0 spiro atoms. The van der Waals surface area contributed by atoms with E-state index in [1.165, 1.54) is 6.42 Å². The molecule has 2 fully saturated rings. The standard InChI is InChI=1S/C17H22ClN3O2/c1-10-11(18)5-4-8-12(10)20-16(22)9-15-17(23)21-14-7-3-2-6-13(14)19-15/h4-5,8,13-15,19H,2-3,6-7,9H2,1H3,(H,20,22)(H,21,23)/t13-,14-,15+/m1/s1. The molecule has 3 atom stereocenters. The molecule has 1 aromatic rings. The van der Waals surface area contributed by atoms with Crippen molar-refractivity contribution in [1.82, 2.24) is 10.6 Å². The Hall–Kier alpha value is -1.59. The zero-order valence-electron chi connectivity index (χ0n) is 13.2. The summed E-state index contributed by atoms with van der Waals surface area (Å²) >= 11 is 6.06. The Balaban J connectivity index is 1.61. The number of benzene rings is 1. The molecule has 3 N–H and O–H groups in total. The van der Waals surface area contributed by atoms with Crippen LogP contribution in [-0.2, 0) is 9.59 Å². The fourth-order valence-electron chi connectivity index (χ4n) is 3.40. The fourth-order valence-corrected chi connectivity index (χ4v) is 3.58. The number of carbonyl (C=O) groups excluding carboxylic acids is 2. The highest BCUT2D eigenvalue weighted by molar-refractivity contribution is 6.31. The largest absolute Gasteiger partial charge is 0.350 e. The first-order valence-electron chi connectivity index (χ1n) is 8.16. The van der Waals surface area contributed by atoms with Crippen LogP contribution in [-0.4, -0.2) is 29.9 Å². The molecule has 1 aliphatic heterocycles. The van der Waals surface area contributed by atoms with Crippen LogP contribution in [0.2, 0.25) is 5.02 Å². The molecule has 23 heavy (non-hydrogen) atoms. The van der Waals surface area contributed by atoms with Crippen LogP contribution < -0.4 is 16.0 Å². The van der Waals surface area contributed by atoms with Crippen molar-refractivity contribution < 1.29 is 9.59 Å². The van der Waals surface area contributed by atoms with Crippen LogP contribution in [0.5, 0.6) is 0 Å². The van der Waals surface area contributed by atoms with Crippen molar-refractivity contribution in [3.05, 3.63) is 28.8 Å². The van der Waals surface area contributed by atoms with Gasteiger partial charge in [-0.1, -0.05) is 30.5 Å². The number of hydrogen-bond acceptors (Lipinski definition) is 3. The zero-order valence-corrected chi connectivity index (χ0v) is 14.0. The van der Waals surface area contributed by atoms with Crippen molar-refractivity contribution >= 4 is 29.1 Å². The lowest BCUT2D eigenvalue weighted by molar-refractivity contribution is -0.129. The van der Waals surface area contributed by atoms with E-state index < -0.39 is 6.04 Å². The molecule has 1 saturated heterocycles. The number of amides is 2. The highest BCUT2D eigenvalue weighted by Gasteiger charge is 2.36. The van der Waals surface area contributed by atoms with E-state index in [2.05, 4.69) is 16.0 Å². The molecule has 5 nitrogen and oxygen atoms in total. The lowest BCUT2D eigenvalue weighted by Gasteiger charge is -2.40. The Morgan fingerprint density at radius 2 is 2.04 bits per heavy atom. The highest BCUT2D eigenvalue weighted by atomic mass is 35.5. The minimum absolute atomic E-state index is 0.0777. The minimum atomic E-state index is -0.464. The molecule has 1 aromatic carbocycles. The minimum Gasteiger partial charge on any atom is -0.350 e. The van der Waals surface area contributed by atoms with Crippen LogP contribution >= 0.6 is 11.6 Å². The first kappa shape index (κ1) is 16.3. The highest BCUT2D eigenvalue weighted by Crippen LogP contribution is 2.24. The maximum Gasteiger partial charge on any atom is 0.237 e. The molecule has 1 heterocycles. The van der Waals surface area contributed by atoms with Crippen molar-refractivity contribution in [3.8, 4) is 0 Å². The van der Waals surface area contributed by atoms with E-state index in [0.29, 0.717) is 10.7 Å². The quantitative estimate of drug-likeness (QED) is 0.794. The van der Waals surface area contributed by atoms with Crippen molar-refractivity contribution in [2.75, 3.05) is 5.32 Å². The Morgan fingerprint density at radius 3 is 2.83 bits per heavy atom. The Labute approximate surface area is 141 Å². The molecular weight excluding hydrogens is 314 g/mol. The summed E-state index contributed by atoms with van der Waals surface area (Å²) in [5, 5.41) is 9.86. The molecule has 1 aliphatic carbocycles. The maximum absolute atomic E-state index is 12.3. The molecule has 0 aromatic heterocycles. The lowest BCUT2D eigenvalue weighted by atomic mass is 9.87. The third-order valence-electron chi connectivity index (χ3n) is 4.76. The Morgan fingerprint density at radius 1 is 1.30 bits per heavy atom. The van der Waals surface area contributed by atoms with Gasteiger partial charge in [0.25, 0.3) is 0 Å². The molecule has 0 bridgehead atoms. The lowest BCUT2D eigenvalue weighted by Crippen LogP contribution is -2.65. The van der Waals surface area contributed by atoms with Gasteiger partial charge in [0.2, 0.25) is 11.8 Å². The number of nitrogens with one attached hydrogen (secondary N) is 3. The SMILES string of the molecule is Cc1c(Cl)cccc1NC(=O)C[C@@H]1N[C@@H]2CCCC[C@H]2NC1=O. The topological polar surface area (TPSA) is 70.2 Å². The Kier molecular flexibility index (Phi) is 4.87. The first-order valence-corrected chi connectivity index (χ1v) is 8.54. The van der Waals surface area contributed by atoms with Gasteiger partial charge in [-0.2, -0.15) is 0 Å². The van der Waals surface area contributed by atoms with Gasteiger partial charge in [-0.25, -0.2) is 0 Å². The van der Waals surface area contributed by atoms with Crippen LogP contribution in [0.3, 0.4) is 0 Å². The van der Waals surface area contributed by atoms with E-state index in [1.807, 2.05) is 13.0 Å². The normalized spacial score (nSPS) is 27.0. The summed E-state index contributed by atoms with van der Waals surface area (Å²) in [6.07, 6.45) is 4.52. The smallest absolute Gasteiger partial charge is 0.237 e. The molecule has 2 aliphatic rings. The average molecular weight is 336 g/mol. The second-order valence-electron chi connectivity index (χ2n) is 6.39. The molecule has 0 radical (unpaired) electrons. The van der Waals surface area contributed by atoms with Gasteiger partial charge in [0.05, 0.1) is 12.5 Å². The van der Waals surface area contributed by atoms with E-state index in [-0.39, 0.29) is 30.3 Å². The number of anilines is 1. The van der Waals surface area contributed by atoms with Gasteiger partial charge in [-0.3, -0.25) is 9.59 Å². The molecule has 1 saturated carbocycles. The second-order valence-corrected chi connectivity index (χ2v) is 6.80. The number of halogens is 1. The van der Waals surface area contributed by atoms with E-state index in [9.17, 15) is 9.59 Å². The average Bonchev–Trinajstić information content (AvgIpc) is 2.52. The summed E-state index contributed by atoms with van der Waals surface area (Å²) in [6.45, 7) is 1.86. The molecule has 2 amide bonds. The van der Waals surface area contributed by atoms with Gasteiger partial charge in [-0.05, 0) is 37.5 Å². The van der Waals surface area contributed by atoms with Crippen LogP contribution in [0.25, 0.3) is 0 Å². The second kappa shape index (κ2) is 6.89. The number of hydrogen-bond donors (Lipinski definition) is 3. The summed E-state index contributed by atoms with van der Waals surface area (Å²) in [5.41, 5.74) is 1.52. The molecule has 6 heteroatoms. The number of fused-ring (bicyclic) bond motifs is 1. The summed E-state index contributed by atoms with van der Waals surface area (Å²) in [6, 6.07) is 5.42. The van der Waals surface area contributed by atoms with E-state index in [0.717, 1.165) is 24.8 Å². The summed E-state index contributed by atoms with van der Waals surface area (Å²) in [4.78, 5) is 24.5. The fraction of sp³-hybridized carbons (Fsp3) is 0.529. The van der Waals surface area contributed by atoms with Gasteiger partial charge >= 0.3 is 0 Å². The summed E-state index contributed by atoms with van der Waals surface area (Å²) in [7, 11) is 0. The van der Waals surface area contributed by atoms with Crippen LogP contribution in [0.1, 0.15) is 37.7 Å². The molecule has 0 unspecified atom stereocenters. The summed E-state index contributed by atoms with van der Waals surface area (Å²) < 4.78 is 0. The third-order valence-corrected chi connectivity index (χ3v) is 5.17. The predicted octanol–water partition coefficient (Wildman–Crippen LogP) is 2.38. The number of carbonyl (C=O) groups is 2. The van der Waals surface area contributed by atoms with Crippen molar-refractivity contribution in [2.45, 2.75) is 57.2 Å². The van der Waals surface area contributed by atoms with Crippen molar-refractivity contribution in [1.29, 1.82) is 0 Å². The number of piperazine rings is 1. The first-order chi connectivity index (χ1) is 11.0.